The second kappa shape index (κ2) is 7.85. The minimum atomic E-state index is -0.545. The predicted molar refractivity (Wildman–Crippen MR) is 99.1 cm³/mol. The molecular formula is C19H29FN4O. The van der Waals surface area contributed by atoms with E-state index in [0.717, 1.165) is 18.4 Å². The standard InChI is InChI=1S/C19H29FN4O/c1-5-22-16(25)18(2,3)12-23-17(21-4)24-13-19(10-11-19)14-8-6-7-9-15(14)20/h6-9H,5,10-13H2,1-4H3,(H,22,25)(H2,21,23,24). The third-order valence-corrected chi connectivity index (χ3v) is 4.77. The molecule has 1 amide bonds. The highest BCUT2D eigenvalue weighted by atomic mass is 19.1. The monoisotopic (exact) mass is 348 g/mol. The summed E-state index contributed by atoms with van der Waals surface area (Å²) in [7, 11) is 1.69. The number of rotatable bonds is 7. The fourth-order valence-electron chi connectivity index (χ4n) is 2.84. The van der Waals surface area contributed by atoms with Gasteiger partial charge in [-0.25, -0.2) is 4.39 Å². The zero-order chi connectivity index (χ0) is 18.5. The van der Waals surface area contributed by atoms with E-state index in [0.29, 0.717) is 25.6 Å². The van der Waals surface area contributed by atoms with E-state index in [-0.39, 0.29) is 17.1 Å². The summed E-state index contributed by atoms with van der Waals surface area (Å²) in [5.41, 5.74) is 0.0646. The summed E-state index contributed by atoms with van der Waals surface area (Å²) in [5, 5.41) is 9.32. The molecule has 5 nitrogen and oxygen atoms in total. The number of guanidine groups is 1. The fraction of sp³-hybridized carbons (Fsp3) is 0.579. The third-order valence-electron chi connectivity index (χ3n) is 4.77. The fourth-order valence-corrected chi connectivity index (χ4v) is 2.84. The second-order valence-corrected chi connectivity index (χ2v) is 7.28. The van der Waals surface area contributed by atoms with Crippen LogP contribution in [0.25, 0.3) is 0 Å². The summed E-state index contributed by atoms with van der Waals surface area (Å²) < 4.78 is 14.1. The lowest BCUT2D eigenvalue weighted by Crippen LogP contribution is -2.49. The Morgan fingerprint density at radius 1 is 1.24 bits per heavy atom. The maximum atomic E-state index is 14.1. The van der Waals surface area contributed by atoms with Crippen molar-refractivity contribution in [1.82, 2.24) is 16.0 Å². The molecule has 3 N–H and O–H groups in total. The normalized spacial score (nSPS) is 16.3. The smallest absolute Gasteiger partial charge is 0.227 e. The molecule has 0 aromatic heterocycles. The average Bonchev–Trinajstić information content (AvgIpc) is 3.36. The van der Waals surface area contributed by atoms with Crippen molar-refractivity contribution in [2.24, 2.45) is 10.4 Å². The molecule has 1 saturated carbocycles. The summed E-state index contributed by atoms with van der Waals surface area (Å²) in [4.78, 5) is 16.3. The van der Waals surface area contributed by atoms with Gasteiger partial charge in [-0.15, -0.1) is 0 Å². The van der Waals surface area contributed by atoms with Crippen molar-refractivity contribution >= 4 is 11.9 Å². The van der Waals surface area contributed by atoms with E-state index >= 15 is 0 Å². The van der Waals surface area contributed by atoms with Crippen molar-refractivity contribution in [1.29, 1.82) is 0 Å². The molecule has 1 aromatic rings. The highest BCUT2D eigenvalue weighted by Gasteiger charge is 2.45. The van der Waals surface area contributed by atoms with Gasteiger partial charge in [0, 0.05) is 32.1 Å². The quantitative estimate of drug-likeness (QED) is 0.523. The summed E-state index contributed by atoms with van der Waals surface area (Å²) in [6.07, 6.45) is 1.92. The first-order valence-electron chi connectivity index (χ1n) is 8.82. The number of benzene rings is 1. The molecule has 0 atom stereocenters. The lowest BCUT2D eigenvalue weighted by Gasteiger charge is -2.25. The van der Waals surface area contributed by atoms with E-state index in [1.165, 1.54) is 6.07 Å². The van der Waals surface area contributed by atoms with Crippen LogP contribution in [0.1, 0.15) is 39.2 Å². The molecule has 0 spiro atoms. The lowest BCUT2D eigenvalue weighted by molar-refractivity contribution is -0.128. The van der Waals surface area contributed by atoms with Gasteiger partial charge >= 0.3 is 0 Å². The molecule has 1 aliphatic rings. The molecule has 1 aliphatic carbocycles. The van der Waals surface area contributed by atoms with E-state index in [1.807, 2.05) is 32.9 Å². The van der Waals surface area contributed by atoms with E-state index < -0.39 is 5.41 Å². The Balaban J connectivity index is 1.91. The second-order valence-electron chi connectivity index (χ2n) is 7.28. The summed E-state index contributed by atoms with van der Waals surface area (Å²) in [5.74, 6) is 0.477. The molecule has 0 saturated heterocycles. The number of carbonyl (C=O) groups excluding carboxylic acids is 1. The minimum Gasteiger partial charge on any atom is -0.356 e. The number of hydrogen-bond acceptors (Lipinski definition) is 2. The Labute approximate surface area is 149 Å². The predicted octanol–water partition coefficient (Wildman–Crippen LogP) is 2.18. The molecule has 0 bridgehead atoms. The van der Waals surface area contributed by atoms with Crippen LogP contribution in [0.4, 0.5) is 4.39 Å². The molecule has 0 aliphatic heterocycles. The van der Waals surface area contributed by atoms with Crippen molar-refractivity contribution in [3.8, 4) is 0 Å². The van der Waals surface area contributed by atoms with Crippen LogP contribution < -0.4 is 16.0 Å². The molecular weight excluding hydrogens is 319 g/mol. The van der Waals surface area contributed by atoms with E-state index in [4.69, 9.17) is 0 Å². The SMILES string of the molecule is CCNC(=O)C(C)(C)CNC(=NC)NCC1(c2ccccc2F)CC1. The molecule has 0 radical (unpaired) electrons. The number of amides is 1. The maximum absolute atomic E-state index is 14.1. The zero-order valence-electron chi connectivity index (χ0n) is 15.6. The maximum Gasteiger partial charge on any atom is 0.227 e. The number of nitrogens with one attached hydrogen (secondary N) is 3. The van der Waals surface area contributed by atoms with Crippen molar-refractivity contribution < 1.29 is 9.18 Å². The number of nitrogens with zero attached hydrogens (tertiary/aromatic N) is 1. The van der Waals surface area contributed by atoms with Crippen LogP contribution in [0, 0.1) is 11.2 Å². The van der Waals surface area contributed by atoms with E-state index in [2.05, 4.69) is 20.9 Å². The minimum absolute atomic E-state index is 0.00275. The first-order valence-corrected chi connectivity index (χ1v) is 8.82. The third kappa shape index (κ3) is 4.71. The number of carbonyl (C=O) groups is 1. The molecule has 25 heavy (non-hydrogen) atoms. The molecule has 2 rings (SSSR count). The van der Waals surface area contributed by atoms with Gasteiger partial charge < -0.3 is 16.0 Å². The molecule has 6 heteroatoms. The number of hydrogen-bond donors (Lipinski definition) is 3. The topological polar surface area (TPSA) is 65.5 Å². The first kappa shape index (κ1) is 19.2. The molecule has 1 fully saturated rings. The van der Waals surface area contributed by atoms with Gasteiger partial charge in [0.25, 0.3) is 0 Å². The molecule has 0 heterocycles. The van der Waals surface area contributed by atoms with Crippen LogP contribution in [-0.4, -0.2) is 38.5 Å². The number of aliphatic imine (C=N–C) groups is 1. The Kier molecular flexibility index (Phi) is 6.03. The van der Waals surface area contributed by atoms with Crippen molar-refractivity contribution in [3.63, 3.8) is 0 Å². The Morgan fingerprint density at radius 3 is 2.48 bits per heavy atom. The van der Waals surface area contributed by atoms with Crippen LogP contribution in [0.3, 0.4) is 0 Å². The van der Waals surface area contributed by atoms with Crippen LogP contribution in [-0.2, 0) is 10.2 Å². The van der Waals surface area contributed by atoms with Gasteiger partial charge in [0.05, 0.1) is 5.41 Å². The number of halogens is 1. The zero-order valence-corrected chi connectivity index (χ0v) is 15.6. The summed E-state index contributed by atoms with van der Waals surface area (Å²) >= 11 is 0. The van der Waals surface area contributed by atoms with Crippen LogP contribution in [0.15, 0.2) is 29.3 Å². The van der Waals surface area contributed by atoms with Crippen molar-refractivity contribution in [2.45, 2.75) is 39.0 Å². The Morgan fingerprint density at radius 2 is 1.92 bits per heavy atom. The van der Waals surface area contributed by atoms with E-state index in [1.54, 1.807) is 13.1 Å². The summed E-state index contributed by atoms with van der Waals surface area (Å²) in [6, 6.07) is 6.96. The van der Waals surface area contributed by atoms with Crippen LogP contribution in [0.2, 0.25) is 0 Å². The van der Waals surface area contributed by atoms with Crippen LogP contribution >= 0.6 is 0 Å². The molecule has 138 valence electrons. The molecule has 0 unspecified atom stereocenters. The Hall–Kier alpha value is -2.11. The van der Waals surface area contributed by atoms with Gasteiger partial charge in [-0.3, -0.25) is 9.79 Å². The van der Waals surface area contributed by atoms with Gasteiger partial charge in [-0.1, -0.05) is 18.2 Å². The van der Waals surface area contributed by atoms with Gasteiger partial charge in [-0.05, 0) is 45.2 Å². The summed E-state index contributed by atoms with van der Waals surface area (Å²) in [6.45, 7) is 7.38. The highest BCUT2D eigenvalue weighted by molar-refractivity contribution is 5.84. The van der Waals surface area contributed by atoms with Gasteiger partial charge in [0.1, 0.15) is 5.82 Å². The molecule has 1 aromatic carbocycles. The average molecular weight is 348 g/mol. The first-order chi connectivity index (χ1) is 11.8. The van der Waals surface area contributed by atoms with Crippen molar-refractivity contribution in [2.75, 3.05) is 26.7 Å². The van der Waals surface area contributed by atoms with Gasteiger partial charge in [0.2, 0.25) is 5.91 Å². The highest BCUT2D eigenvalue weighted by Crippen LogP contribution is 2.48. The van der Waals surface area contributed by atoms with Crippen LogP contribution in [0.5, 0.6) is 0 Å². The Bertz CT molecular complexity index is 638. The van der Waals surface area contributed by atoms with E-state index in [9.17, 15) is 9.18 Å². The van der Waals surface area contributed by atoms with Crippen molar-refractivity contribution in [3.05, 3.63) is 35.6 Å². The lowest BCUT2D eigenvalue weighted by atomic mass is 9.92. The largest absolute Gasteiger partial charge is 0.356 e. The van der Waals surface area contributed by atoms with Gasteiger partial charge in [0.15, 0.2) is 5.96 Å². The van der Waals surface area contributed by atoms with Gasteiger partial charge in [-0.2, -0.15) is 0 Å².